The Kier molecular flexibility index (Phi) is 4.91. The summed E-state index contributed by atoms with van der Waals surface area (Å²) < 4.78 is 5.24. The van der Waals surface area contributed by atoms with Crippen molar-refractivity contribution in [1.29, 1.82) is 0 Å². The fourth-order valence-corrected chi connectivity index (χ4v) is 2.84. The summed E-state index contributed by atoms with van der Waals surface area (Å²) in [6, 6.07) is 8.23. The number of hydrogen-bond acceptors (Lipinski definition) is 4. The highest BCUT2D eigenvalue weighted by Gasteiger charge is 2.06. The summed E-state index contributed by atoms with van der Waals surface area (Å²) >= 11 is 1.95. The molecule has 0 atom stereocenters. The van der Waals surface area contributed by atoms with E-state index in [9.17, 15) is 0 Å². The van der Waals surface area contributed by atoms with Crippen LogP contribution < -0.4 is 10.1 Å². The summed E-state index contributed by atoms with van der Waals surface area (Å²) in [5.74, 6) is 3.99. The number of nitrogens with zero attached hydrogens (tertiary/aromatic N) is 1. The number of pyridine rings is 1. The van der Waals surface area contributed by atoms with E-state index in [2.05, 4.69) is 29.4 Å². The molecular weight excluding hydrogens is 256 g/mol. The highest BCUT2D eigenvalue weighted by Crippen LogP contribution is 2.26. The Hall–Kier alpha value is -1.42. The van der Waals surface area contributed by atoms with Crippen LogP contribution in [0, 0.1) is 0 Å². The molecule has 1 aromatic heterocycles. The molecule has 19 heavy (non-hydrogen) atoms. The van der Waals surface area contributed by atoms with Crippen molar-refractivity contribution in [1.82, 2.24) is 4.98 Å². The van der Waals surface area contributed by atoms with Gasteiger partial charge in [-0.1, -0.05) is 6.92 Å². The summed E-state index contributed by atoms with van der Waals surface area (Å²) in [6.45, 7) is 2.21. The van der Waals surface area contributed by atoms with E-state index in [1.54, 1.807) is 7.11 Å². The number of ether oxygens (including phenoxy) is 1. The maximum atomic E-state index is 5.24. The number of methoxy groups -OCH3 is 1. The molecule has 4 heteroatoms. The van der Waals surface area contributed by atoms with Crippen molar-refractivity contribution in [2.45, 2.75) is 19.1 Å². The third-order valence-electron chi connectivity index (χ3n) is 2.95. The highest BCUT2D eigenvalue weighted by atomic mass is 32.2. The molecule has 0 aliphatic carbocycles. The molecule has 0 saturated heterocycles. The first kappa shape index (κ1) is 14.0. The smallest absolute Gasteiger partial charge is 0.130 e. The third-order valence-corrected chi connectivity index (χ3v) is 4.16. The number of thioether (sulfide) groups is 1. The summed E-state index contributed by atoms with van der Waals surface area (Å²) in [5, 5.41) is 4.35. The predicted octanol–water partition coefficient (Wildman–Crippen LogP) is 3.93. The van der Waals surface area contributed by atoms with Gasteiger partial charge in [0, 0.05) is 29.8 Å². The predicted molar refractivity (Wildman–Crippen MR) is 84.3 cm³/mol. The molecule has 0 aliphatic heterocycles. The van der Waals surface area contributed by atoms with Crippen molar-refractivity contribution in [3.63, 3.8) is 0 Å². The van der Waals surface area contributed by atoms with Crippen LogP contribution in [0.15, 0.2) is 24.3 Å². The van der Waals surface area contributed by atoms with Gasteiger partial charge < -0.3 is 10.1 Å². The van der Waals surface area contributed by atoms with Gasteiger partial charge in [-0.2, -0.15) is 11.8 Å². The van der Waals surface area contributed by atoms with Gasteiger partial charge in [-0.3, -0.25) is 0 Å². The second-order valence-electron chi connectivity index (χ2n) is 4.36. The van der Waals surface area contributed by atoms with E-state index in [1.807, 2.05) is 30.9 Å². The first-order chi connectivity index (χ1) is 9.28. The summed E-state index contributed by atoms with van der Waals surface area (Å²) in [4.78, 5) is 4.68. The fourth-order valence-electron chi connectivity index (χ4n) is 1.97. The van der Waals surface area contributed by atoms with Gasteiger partial charge in [-0.15, -0.1) is 0 Å². The Morgan fingerprint density at radius 3 is 2.84 bits per heavy atom. The normalized spacial score (nSPS) is 10.7. The second kappa shape index (κ2) is 6.66. The van der Waals surface area contributed by atoms with Crippen molar-refractivity contribution < 1.29 is 4.74 Å². The molecule has 1 N–H and O–H groups in total. The summed E-state index contributed by atoms with van der Waals surface area (Å²) in [5.41, 5.74) is 2.23. The number of rotatable bonds is 6. The zero-order valence-corrected chi connectivity index (χ0v) is 12.5. The Morgan fingerprint density at radius 1 is 1.32 bits per heavy atom. The number of anilines is 1. The third kappa shape index (κ3) is 3.32. The zero-order valence-electron chi connectivity index (χ0n) is 11.7. The standard InChI is InChI=1S/C15H20N2OS/c1-4-7-19-10-12-8-11-5-6-13(18-3)9-14(11)17-15(12)16-2/h5-6,8-9H,4,7,10H2,1-3H3,(H,16,17). The number of fused-ring (bicyclic) bond motifs is 1. The molecule has 0 aliphatic rings. The Morgan fingerprint density at radius 2 is 2.16 bits per heavy atom. The molecule has 0 spiro atoms. The van der Waals surface area contributed by atoms with Crippen molar-refractivity contribution in [3.8, 4) is 5.75 Å². The molecule has 3 nitrogen and oxygen atoms in total. The first-order valence-corrected chi connectivity index (χ1v) is 7.67. The SMILES string of the molecule is CCCSCc1cc2ccc(OC)cc2nc1NC. The van der Waals surface area contributed by atoms with Crippen LogP contribution in [0.2, 0.25) is 0 Å². The lowest BCUT2D eigenvalue weighted by Crippen LogP contribution is -1.99. The second-order valence-corrected chi connectivity index (χ2v) is 5.46. The van der Waals surface area contributed by atoms with Gasteiger partial charge in [0.1, 0.15) is 11.6 Å². The van der Waals surface area contributed by atoms with Crippen LogP contribution in [0.25, 0.3) is 10.9 Å². The molecule has 0 amide bonds. The first-order valence-electron chi connectivity index (χ1n) is 6.51. The van der Waals surface area contributed by atoms with Crippen LogP contribution in [0.5, 0.6) is 5.75 Å². The fraction of sp³-hybridized carbons (Fsp3) is 0.400. The molecular formula is C15H20N2OS. The highest BCUT2D eigenvalue weighted by molar-refractivity contribution is 7.98. The Balaban J connectivity index is 2.35. The van der Waals surface area contributed by atoms with E-state index in [4.69, 9.17) is 4.74 Å². The molecule has 0 bridgehead atoms. The van der Waals surface area contributed by atoms with Crippen molar-refractivity contribution >= 4 is 28.5 Å². The molecule has 0 saturated carbocycles. The lowest BCUT2D eigenvalue weighted by atomic mass is 10.1. The molecule has 1 heterocycles. The van der Waals surface area contributed by atoms with E-state index in [-0.39, 0.29) is 0 Å². The van der Waals surface area contributed by atoms with Crippen LogP contribution in [0.1, 0.15) is 18.9 Å². The molecule has 0 radical (unpaired) electrons. The van der Waals surface area contributed by atoms with Crippen LogP contribution in [0.3, 0.4) is 0 Å². The average molecular weight is 276 g/mol. The van der Waals surface area contributed by atoms with Crippen LogP contribution in [-0.2, 0) is 5.75 Å². The number of aromatic nitrogens is 1. The minimum atomic E-state index is 0.843. The Bertz CT molecular complexity index is 557. The lowest BCUT2D eigenvalue weighted by Gasteiger charge is -2.10. The molecule has 0 fully saturated rings. The van der Waals surface area contributed by atoms with Crippen molar-refractivity contribution in [3.05, 3.63) is 29.8 Å². The average Bonchev–Trinajstić information content (AvgIpc) is 2.46. The molecule has 102 valence electrons. The minimum Gasteiger partial charge on any atom is -0.497 e. The quantitative estimate of drug-likeness (QED) is 0.811. The van der Waals surface area contributed by atoms with Crippen LogP contribution >= 0.6 is 11.8 Å². The van der Waals surface area contributed by atoms with E-state index < -0.39 is 0 Å². The van der Waals surface area contributed by atoms with Crippen LogP contribution in [0.4, 0.5) is 5.82 Å². The van der Waals surface area contributed by atoms with Gasteiger partial charge in [0.05, 0.1) is 12.6 Å². The van der Waals surface area contributed by atoms with Gasteiger partial charge in [0.2, 0.25) is 0 Å². The topological polar surface area (TPSA) is 34.1 Å². The summed E-state index contributed by atoms with van der Waals surface area (Å²) in [7, 11) is 3.60. The maximum absolute atomic E-state index is 5.24. The number of nitrogens with one attached hydrogen (secondary N) is 1. The summed E-state index contributed by atoms with van der Waals surface area (Å²) in [6.07, 6.45) is 1.21. The molecule has 2 rings (SSSR count). The number of benzene rings is 1. The molecule has 1 aromatic carbocycles. The minimum absolute atomic E-state index is 0.843. The van der Waals surface area contributed by atoms with Crippen LogP contribution in [-0.4, -0.2) is 24.9 Å². The molecule has 2 aromatic rings. The zero-order chi connectivity index (χ0) is 13.7. The van der Waals surface area contributed by atoms with Crippen molar-refractivity contribution in [2.24, 2.45) is 0 Å². The Labute approximate surface area is 118 Å². The van der Waals surface area contributed by atoms with Gasteiger partial charge >= 0.3 is 0 Å². The maximum Gasteiger partial charge on any atom is 0.130 e. The van der Waals surface area contributed by atoms with Crippen molar-refractivity contribution in [2.75, 3.05) is 25.2 Å². The lowest BCUT2D eigenvalue weighted by molar-refractivity contribution is 0.415. The van der Waals surface area contributed by atoms with Gasteiger partial charge in [-0.25, -0.2) is 4.98 Å². The van der Waals surface area contributed by atoms with E-state index in [0.29, 0.717) is 0 Å². The largest absolute Gasteiger partial charge is 0.497 e. The van der Waals surface area contributed by atoms with Gasteiger partial charge in [-0.05, 0) is 30.4 Å². The van der Waals surface area contributed by atoms with E-state index in [1.165, 1.54) is 17.7 Å². The monoisotopic (exact) mass is 276 g/mol. The van der Waals surface area contributed by atoms with E-state index >= 15 is 0 Å². The van der Waals surface area contributed by atoms with Gasteiger partial charge in [0.25, 0.3) is 0 Å². The number of hydrogen-bond donors (Lipinski definition) is 1. The van der Waals surface area contributed by atoms with Gasteiger partial charge in [0.15, 0.2) is 0 Å². The van der Waals surface area contributed by atoms with E-state index in [0.717, 1.165) is 28.2 Å². The molecule has 0 unspecified atom stereocenters.